The molecule has 2 fully saturated rings. The lowest BCUT2D eigenvalue weighted by Gasteiger charge is -2.30. The van der Waals surface area contributed by atoms with Gasteiger partial charge in [-0.05, 0) is 44.4 Å². The van der Waals surface area contributed by atoms with Gasteiger partial charge in [0.1, 0.15) is 0 Å². The number of fused-ring (bicyclic) bond motifs is 1. The number of likely N-dealkylation sites (tertiary alicyclic amines) is 1. The van der Waals surface area contributed by atoms with E-state index in [2.05, 4.69) is 45.4 Å². The molecule has 1 aliphatic heterocycles. The summed E-state index contributed by atoms with van der Waals surface area (Å²) in [6.07, 6.45) is 4.72. The van der Waals surface area contributed by atoms with Gasteiger partial charge in [-0.2, -0.15) is 4.98 Å². The maximum atomic E-state index is 5.45. The van der Waals surface area contributed by atoms with Crippen LogP contribution in [0.3, 0.4) is 0 Å². The van der Waals surface area contributed by atoms with Gasteiger partial charge in [0, 0.05) is 30.3 Å². The van der Waals surface area contributed by atoms with Crippen LogP contribution in [0.1, 0.15) is 54.9 Å². The van der Waals surface area contributed by atoms with Gasteiger partial charge >= 0.3 is 0 Å². The fourth-order valence-electron chi connectivity index (χ4n) is 3.74. The molecule has 1 aromatic carbocycles. The first kappa shape index (κ1) is 15.0. The summed E-state index contributed by atoms with van der Waals surface area (Å²) in [5, 5.41) is 5.45. The fraction of sp³-hybridized carbons (Fsp3) is 0.450. The van der Waals surface area contributed by atoms with Crippen molar-refractivity contribution in [2.24, 2.45) is 0 Å². The Labute approximate surface area is 147 Å². The molecule has 1 saturated heterocycles. The van der Waals surface area contributed by atoms with Crippen molar-refractivity contribution in [1.29, 1.82) is 0 Å². The van der Waals surface area contributed by atoms with Gasteiger partial charge in [0.15, 0.2) is 5.82 Å². The quantitative estimate of drug-likeness (QED) is 0.725. The molecule has 1 saturated carbocycles. The topological polar surface area (TPSA) is 55.1 Å². The van der Waals surface area contributed by atoms with Crippen LogP contribution in [0.15, 0.2) is 40.9 Å². The van der Waals surface area contributed by atoms with E-state index in [9.17, 15) is 0 Å². The van der Waals surface area contributed by atoms with Crippen molar-refractivity contribution in [3.63, 3.8) is 0 Å². The van der Waals surface area contributed by atoms with Gasteiger partial charge in [-0.1, -0.05) is 29.4 Å². The molecular formula is C20H22N4O. The number of nitrogens with zero attached hydrogens (tertiary/aromatic N) is 4. The first-order chi connectivity index (χ1) is 12.3. The highest BCUT2D eigenvalue weighted by Crippen LogP contribution is 2.39. The summed E-state index contributed by atoms with van der Waals surface area (Å²) < 4.78 is 5.45. The number of hydrogen-bond acceptors (Lipinski definition) is 5. The molecule has 1 atom stereocenters. The van der Waals surface area contributed by atoms with Crippen molar-refractivity contribution >= 4 is 10.9 Å². The van der Waals surface area contributed by atoms with E-state index in [1.807, 2.05) is 6.07 Å². The molecule has 1 aliphatic carbocycles. The summed E-state index contributed by atoms with van der Waals surface area (Å²) in [6, 6.07) is 12.6. The van der Waals surface area contributed by atoms with E-state index >= 15 is 0 Å². The summed E-state index contributed by atoms with van der Waals surface area (Å²) >= 11 is 0. The zero-order chi connectivity index (χ0) is 16.6. The number of pyridine rings is 1. The summed E-state index contributed by atoms with van der Waals surface area (Å²) in [7, 11) is 0. The summed E-state index contributed by atoms with van der Waals surface area (Å²) in [5.74, 6) is 2.66. The molecule has 0 bridgehead atoms. The maximum Gasteiger partial charge on any atom is 0.229 e. The van der Waals surface area contributed by atoms with Crippen LogP contribution in [0.2, 0.25) is 0 Å². The lowest BCUT2D eigenvalue weighted by Crippen LogP contribution is -2.34. The standard InChI is InChI=1S/C20H22N4O/c1-2-6-18-14(4-1)9-10-17(21-18)13-24-11-3-5-16(12-24)19-22-20(25-23-19)15-7-8-15/h1-2,4,6,9-10,15-16H,3,5,7-8,11-13H2/t16-/m0/s1. The highest BCUT2D eigenvalue weighted by atomic mass is 16.5. The Balaban J connectivity index is 1.29. The lowest BCUT2D eigenvalue weighted by molar-refractivity contribution is 0.193. The molecule has 0 amide bonds. The minimum Gasteiger partial charge on any atom is -0.339 e. The van der Waals surface area contributed by atoms with E-state index < -0.39 is 0 Å². The van der Waals surface area contributed by atoms with Crippen LogP contribution in [-0.2, 0) is 6.54 Å². The number of hydrogen-bond donors (Lipinski definition) is 0. The molecule has 5 nitrogen and oxygen atoms in total. The predicted molar refractivity (Wildman–Crippen MR) is 95.3 cm³/mol. The van der Waals surface area contributed by atoms with Gasteiger partial charge in [-0.3, -0.25) is 9.88 Å². The van der Waals surface area contributed by atoms with Gasteiger partial charge in [-0.25, -0.2) is 0 Å². The normalized spacial score (nSPS) is 21.7. The van der Waals surface area contributed by atoms with Crippen LogP contribution < -0.4 is 0 Å². The Morgan fingerprint density at radius 2 is 1.92 bits per heavy atom. The molecule has 0 N–H and O–H groups in total. The van der Waals surface area contributed by atoms with E-state index in [0.29, 0.717) is 11.8 Å². The van der Waals surface area contributed by atoms with E-state index in [-0.39, 0.29) is 0 Å². The minimum atomic E-state index is 0.380. The molecule has 2 aromatic heterocycles. The molecule has 5 heteroatoms. The fourth-order valence-corrected chi connectivity index (χ4v) is 3.74. The SMILES string of the molecule is c1ccc2nc(CN3CCC[C@H](c4noc(C5CC5)n4)C3)ccc2c1. The lowest BCUT2D eigenvalue weighted by atomic mass is 9.97. The largest absolute Gasteiger partial charge is 0.339 e. The Hall–Kier alpha value is -2.27. The number of rotatable bonds is 4. The van der Waals surface area contributed by atoms with Crippen molar-refractivity contribution < 1.29 is 4.52 Å². The van der Waals surface area contributed by atoms with E-state index in [4.69, 9.17) is 9.51 Å². The third-order valence-corrected chi connectivity index (χ3v) is 5.30. The predicted octanol–water partition coefficient (Wildman–Crippen LogP) is 3.87. The summed E-state index contributed by atoms with van der Waals surface area (Å²) in [5.41, 5.74) is 2.20. The van der Waals surface area contributed by atoms with Crippen LogP contribution in [-0.4, -0.2) is 33.1 Å². The number of aromatic nitrogens is 3. The van der Waals surface area contributed by atoms with Gasteiger partial charge in [0.25, 0.3) is 0 Å². The number of piperidine rings is 1. The van der Waals surface area contributed by atoms with Crippen LogP contribution in [0.4, 0.5) is 0 Å². The van der Waals surface area contributed by atoms with E-state index in [0.717, 1.165) is 49.0 Å². The zero-order valence-electron chi connectivity index (χ0n) is 14.3. The highest BCUT2D eigenvalue weighted by molar-refractivity contribution is 5.78. The first-order valence-electron chi connectivity index (χ1n) is 9.26. The van der Waals surface area contributed by atoms with Crippen molar-refractivity contribution in [3.05, 3.63) is 53.8 Å². The Morgan fingerprint density at radius 3 is 2.84 bits per heavy atom. The molecule has 3 aromatic rings. The van der Waals surface area contributed by atoms with Crippen molar-refractivity contribution in [2.45, 2.75) is 44.1 Å². The van der Waals surface area contributed by atoms with Gasteiger partial charge in [0.05, 0.1) is 11.2 Å². The van der Waals surface area contributed by atoms with Gasteiger partial charge in [0.2, 0.25) is 5.89 Å². The average Bonchev–Trinajstić information content (AvgIpc) is 3.39. The average molecular weight is 334 g/mol. The molecule has 0 radical (unpaired) electrons. The van der Waals surface area contributed by atoms with Crippen LogP contribution in [0, 0.1) is 0 Å². The summed E-state index contributed by atoms with van der Waals surface area (Å²) in [6.45, 7) is 2.98. The monoisotopic (exact) mass is 334 g/mol. The maximum absolute atomic E-state index is 5.45. The third-order valence-electron chi connectivity index (χ3n) is 5.30. The van der Waals surface area contributed by atoms with Gasteiger partial charge < -0.3 is 4.52 Å². The zero-order valence-corrected chi connectivity index (χ0v) is 14.3. The summed E-state index contributed by atoms with van der Waals surface area (Å²) in [4.78, 5) is 11.9. The van der Waals surface area contributed by atoms with Crippen molar-refractivity contribution in [2.75, 3.05) is 13.1 Å². The second kappa shape index (κ2) is 6.23. The van der Waals surface area contributed by atoms with Crippen LogP contribution in [0.25, 0.3) is 10.9 Å². The first-order valence-corrected chi connectivity index (χ1v) is 9.26. The second-order valence-electron chi connectivity index (χ2n) is 7.33. The molecule has 128 valence electrons. The molecule has 25 heavy (non-hydrogen) atoms. The molecule has 0 unspecified atom stereocenters. The minimum absolute atomic E-state index is 0.380. The Morgan fingerprint density at radius 1 is 1.00 bits per heavy atom. The number of benzene rings is 1. The highest BCUT2D eigenvalue weighted by Gasteiger charge is 2.32. The molecular weight excluding hydrogens is 312 g/mol. The smallest absolute Gasteiger partial charge is 0.229 e. The van der Waals surface area contributed by atoms with Crippen molar-refractivity contribution in [1.82, 2.24) is 20.0 Å². The molecule has 2 aliphatic rings. The molecule has 5 rings (SSSR count). The Bertz CT molecular complexity index is 886. The van der Waals surface area contributed by atoms with E-state index in [1.165, 1.54) is 24.6 Å². The van der Waals surface area contributed by atoms with Crippen molar-refractivity contribution in [3.8, 4) is 0 Å². The van der Waals surface area contributed by atoms with Crippen LogP contribution in [0.5, 0.6) is 0 Å². The number of para-hydroxylation sites is 1. The Kier molecular flexibility index (Phi) is 3.74. The third kappa shape index (κ3) is 3.16. The molecule has 3 heterocycles. The van der Waals surface area contributed by atoms with E-state index in [1.54, 1.807) is 0 Å². The second-order valence-corrected chi connectivity index (χ2v) is 7.33. The van der Waals surface area contributed by atoms with Gasteiger partial charge in [-0.15, -0.1) is 0 Å². The van der Waals surface area contributed by atoms with Crippen LogP contribution >= 0.6 is 0 Å². The molecule has 0 spiro atoms.